The molecule has 0 saturated carbocycles. The van der Waals surface area contributed by atoms with Crippen LogP contribution in [0.3, 0.4) is 0 Å². The molecule has 14 heavy (non-hydrogen) atoms. The van der Waals surface area contributed by atoms with Gasteiger partial charge in [0.15, 0.2) is 0 Å². The lowest BCUT2D eigenvalue weighted by molar-refractivity contribution is 0.617. The lowest BCUT2D eigenvalue weighted by Crippen LogP contribution is -2.20. The second kappa shape index (κ2) is 5.25. The minimum Gasteiger partial charge on any atom is -0.310 e. The minimum atomic E-state index is 0. The van der Waals surface area contributed by atoms with Crippen molar-refractivity contribution in [3.63, 3.8) is 0 Å². The van der Waals surface area contributed by atoms with E-state index >= 15 is 0 Å². The Hall–Kier alpha value is -0.700. The van der Waals surface area contributed by atoms with Crippen molar-refractivity contribution in [2.75, 3.05) is 12.0 Å². The largest absolute Gasteiger partial charge is 0.310 e. The summed E-state index contributed by atoms with van der Waals surface area (Å²) in [6.07, 6.45) is 8.19. The van der Waals surface area contributed by atoms with E-state index in [1.807, 2.05) is 11.0 Å². The van der Waals surface area contributed by atoms with Gasteiger partial charge in [-0.25, -0.2) is 0 Å². The molecule has 1 aromatic heterocycles. The molecule has 80 valence electrons. The van der Waals surface area contributed by atoms with Gasteiger partial charge in [0, 0.05) is 6.54 Å². The van der Waals surface area contributed by atoms with E-state index in [4.69, 9.17) is 0 Å². The van der Waals surface area contributed by atoms with E-state index in [0.29, 0.717) is 0 Å². The lowest BCUT2D eigenvalue weighted by Gasteiger charge is -2.14. The average Bonchev–Trinajstić information content (AvgIpc) is 2.58. The van der Waals surface area contributed by atoms with Gasteiger partial charge in [-0.05, 0) is 37.7 Å². The monoisotopic (exact) mass is 215 g/mol. The molecule has 0 aromatic carbocycles. The van der Waals surface area contributed by atoms with Gasteiger partial charge in [0.25, 0.3) is 0 Å². The predicted molar refractivity (Wildman–Crippen MR) is 60.6 cm³/mol. The zero-order chi connectivity index (χ0) is 9.10. The summed E-state index contributed by atoms with van der Waals surface area (Å²) in [4.78, 5) is 1.97. The van der Waals surface area contributed by atoms with E-state index in [0.717, 1.165) is 13.0 Å². The van der Waals surface area contributed by atoms with Gasteiger partial charge in [-0.3, -0.25) is 0 Å². The van der Waals surface area contributed by atoms with Crippen molar-refractivity contribution in [2.24, 2.45) is 0 Å². The Morgan fingerprint density at radius 2 is 2.21 bits per heavy atom. The third kappa shape index (κ3) is 2.21. The minimum absolute atomic E-state index is 0. The third-order valence-corrected chi connectivity index (χ3v) is 2.58. The lowest BCUT2D eigenvalue weighted by atomic mass is 9.99. The summed E-state index contributed by atoms with van der Waals surface area (Å²) in [5, 5.41) is 4.34. The first-order chi connectivity index (χ1) is 6.42. The average molecular weight is 216 g/mol. The van der Waals surface area contributed by atoms with Crippen molar-refractivity contribution in [1.29, 1.82) is 0 Å². The summed E-state index contributed by atoms with van der Waals surface area (Å²) >= 11 is 0. The second-order valence-corrected chi connectivity index (χ2v) is 3.64. The van der Waals surface area contributed by atoms with E-state index in [1.54, 1.807) is 0 Å². The van der Waals surface area contributed by atoms with E-state index in [2.05, 4.69) is 17.4 Å². The normalized spacial score (nSPS) is 14.4. The maximum atomic E-state index is 4.34. The number of nitrogens with one attached hydrogen (secondary N) is 1. The summed E-state index contributed by atoms with van der Waals surface area (Å²) in [6.45, 7) is 3.18. The molecule has 0 atom stereocenters. The number of nitrogens with zero attached hydrogens (tertiary/aromatic N) is 2. The van der Waals surface area contributed by atoms with Gasteiger partial charge in [-0.15, -0.1) is 12.4 Å². The fourth-order valence-corrected chi connectivity index (χ4v) is 1.84. The van der Waals surface area contributed by atoms with Gasteiger partial charge < -0.3 is 5.43 Å². The Kier molecular flexibility index (Phi) is 4.26. The number of hydrogen-bond donors (Lipinski definition) is 1. The molecule has 0 aliphatic heterocycles. The van der Waals surface area contributed by atoms with Crippen LogP contribution in [0.1, 0.15) is 37.4 Å². The van der Waals surface area contributed by atoms with Crippen LogP contribution in [-0.2, 0) is 12.8 Å². The molecule has 0 unspecified atom stereocenters. The van der Waals surface area contributed by atoms with Gasteiger partial charge in [0.2, 0.25) is 0 Å². The molecular weight excluding hydrogens is 198 g/mol. The third-order valence-electron chi connectivity index (χ3n) is 2.58. The predicted octanol–water partition coefficient (Wildman–Crippen LogP) is 2.14. The molecule has 0 fully saturated rings. The Balaban J connectivity index is 0.000000980. The Morgan fingerprint density at radius 3 is 3.00 bits per heavy atom. The maximum Gasteiger partial charge on any atom is 0.0651 e. The highest BCUT2D eigenvalue weighted by molar-refractivity contribution is 5.85. The molecule has 0 amide bonds. The number of halogens is 1. The van der Waals surface area contributed by atoms with E-state index < -0.39 is 0 Å². The molecule has 1 aliphatic carbocycles. The molecule has 1 aliphatic rings. The van der Waals surface area contributed by atoms with Crippen LogP contribution in [0.5, 0.6) is 0 Å². The van der Waals surface area contributed by atoms with Gasteiger partial charge in [-0.1, -0.05) is 6.92 Å². The van der Waals surface area contributed by atoms with Crippen LogP contribution >= 0.6 is 12.4 Å². The first kappa shape index (κ1) is 11.4. The van der Waals surface area contributed by atoms with Crippen LogP contribution in [0.4, 0.5) is 0 Å². The van der Waals surface area contributed by atoms with Gasteiger partial charge >= 0.3 is 0 Å². The highest BCUT2D eigenvalue weighted by Gasteiger charge is 2.14. The van der Waals surface area contributed by atoms with Gasteiger partial charge in [0.05, 0.1) is 11.9 Å². The fourth-order valence-electron chi connectivity index (χ4n) is 1.84. The number of aryl methyl sites for hydroxylation is 1. The van der Waals surface area contributed by atoms with Crippen molar-refractivity contribution < 1.29 is 0 Å². The van der Waals surface area contributed by atoms with Crippen molar-refractivity contribution in [3.8, 4) is 0 Å². The van der Waals surface area contributed by atoms with Gasteiger partial charge in [0.1, 0.15) is 0 Å². The van der Waals surface area contributed by atoms with Gasteiger partial charge in [-0.2, -0.15) is 9.89 Å². The zero-order valence-corrected chi connectivity index (χ0v) is 9.44. The summed E-state index contributed by atoms with van der Waals surface area (Å²) in [5.41, 5.74) is 6.15. The first-order valence-corrected chi connectivity index (χ1v) is 5.21. The fraction of sp³-hybridized carbons (Fsp3) is 0.700. The molecule has 0 saturated heterocycles. The van der Waals surface area contributed by atoms with E-state index in [9.17, 15) is 0 Å². The second-order valence-electron chi connectivity index (χ2n) is 3.64. The van der Waals surface area contributed by atoms with Crippen LogP contribution in [0.2, 0.25) is 0 Å². The first-order valence-electron chi connectivity index (χ1n) is 5.21. The molecule has 1 aromatic rings. The van der Waals surface area contributed by atoms with Crippen LogP contribution in [0, 0.1) is 0 Å². The molecule has 3 nitrogen and oxygen atoms in total. The molecule has 1 N–H and O–H groups in total. The zero-order valence-electron chi connectivity index (χ0n) is 8.62. The highest BCUT2D eigenvalue weighted by atomic mass is 35.5. The van der Waals surface area contributed by atoms with Crippen molar-refractivity contribution in [2.45, 2.75) is 39.0 Å². The van der Waals surface area contributed by atoms with Crippen LogP contribution in [0.15, 0.2) is 6.20 Å². The van der Waals surface area contributed by atoms with Crippen LogP contribution in [-0.4, -0.2) is 16.4 Å². The smallest absolute Gasteiger partial charge is 0.0651 e. The van der Waals surface area contributed by atoms with Crippen molar-refractivity contribution >= 4 is 12.4 Å². The SMILES string of the molecule is CCCNn1ncc2c1CCCC2.Cl. The van der Waals surface area contributed by atoms with E-state index in [1.165, 1.54) is 36.9 Å². The highest BCUT2D eigenvalue weighted by Crippen LogP contribution is 2.19. The Bertz CT molecular complexity index is 283. The topological polar surface area (TPSA) is 29.9 Å². The molecule has 2 rings (SSSR count). The summed E-state index contributed by atoms with van der Waals surface area (Å²) in [7, 11) is 0. The Morgan fingerprint density at radius 1 is 1.43 bits per heavy atom. The van der Waals surface area contributed by atoms with Crippen LogP contribution < -0.4 is 5.43 Å². The molecule has 0 spiro atoms. The van der Waals surface area contributed by atoms with Crippen LogP contribution in [0.25, 0.3) is 0 Å². The summed E-state index contributed by atoms with van der Waals surface area (Å²) in [6, 6.07) is 0. The quantitative estimate of drug-likeness (QED) is 0.838. The maximum absolute atomic E-state index is 4.34. The summed E-state index contributed by atoms with van der Waals surface area (Å²) in [5.74, 6) is 0. The standard InChI is InChI=1S/C10H17N3.ClH/c1-2-7-11-13-10-6-4-3-5-9(10)8-12-13;/h8,11H,2-7H2,1H3;1H. The number of aromatic nitrogens is 2. The molecule has 0 bridgehead atoms. The molecular formula is C10H18ClN3. The Labute approximate surface area is 91.3 Å². The number of fused-ring (bicyclic) bond motifs is 1. The van der Waals surface area contributed by atoms with E-state index in [-0.39, 0.29) is 12.4 Å². The number of rotatable bonds is 3. The number of hydrogen-bond acceptors (Lipinski definition) is 2. The molecule has 1 heterocycles. The molecule has 4 heteroatoms. The summed E-state index contributed by atoms with van der Waals surface area (Å²) < 4.78 is 0. The molecule has 0 radical (unpaired) electrons. The van der Waals surface area contributed by atoms with Crippen molar-refractivity contribution in [3.05, 3.63) is 17.5 Å². The van der Waals surface area contributed by atoms with Crippen molar-refractivity contribution in [1.82, 2.24) is 9.89 Å².